The lowest BCUT2D eigenvalue weighted by Crippen LogP contribution is -2.28. The average molecular weight is 409 g/mol. The van der Waals surface area contributed by atoms with Gasteiger partial charge in [0.2, 0.25) is 10.0 Å². The van der Waals surface area contributed by atoms with Crippen LogP contribution in [-0.4, -0.2) is 38.3 Å². The number of sulfonamides is 1. The molecule has 2 aromatic rings. The van der Waals surface area contributed by atoms with E-state index in [4.69, 9.17) is 16.3 Å². The second-order valence-electron chi connectivity index (χ2n) is 6.27. The van der Waals surface area contributed by atoms with Crippen molar-refractivity contribution in [3.8, 4) is 5.75 Å². The summed E-state index contributed by atoms with van der Waals surface area (Å²) in [6, 6.07) is 13.3. The van der Waals surface area contributed by atoms with Crippen LogP contribution in [0.3, 0.4) is 0 Å². The van der Waals surface area contributed by atoms with Crippen LogP contribution in [0.15, 0.2) is 53.4 Å². The molecule has 0 spiro atoms. The van der Waals surface area contributed by atoms with E-state index in [1.165, 1.54) is 16.4 Å². The SMILES string of the molecule is O=C(COc1ccc(S(=O)(=O)N2CCCC2)cc1)NCc1ccc(Cl)cc1. The Labute approximate surface area is 164 Å². The second kappa shape index (κ2) is 8.73. The highest BCUT2D eigenvalue weighted by atomic mass is 35.5. The summed E-state index contributed by atoms with van der Waals surface area (Å²) in [6.45, 7) is 1.36. The highest BCUT2D eigenvalue weighted by molar-refractivity contribution is 7.89. The van der Waals surface area contributed by atoms with E-state index in [1.807, 2.05) is 12.1 Å². The third-order valence-electron chi connectivity index (χ3n) is 4.30. The Bertz CT molecular complexity index is 877. The molecular formula is C19H21ClN2O4S. The molecule has 0 aliphatic carbocycles. The lowest BCUT2D eigenvalue weighted by molar-refractivity contribution is -0.123. The van der Waals surface area contributed by atoms with Crippen LogP contribution in [0.1, 0.15) is 18.4 Å². The molecule has 0 radical (unpaired) electrons. The lowest BCUT2D eigenvalue weighted by Gasteiger charge is -2.15. The molecule has 27 heavy (non-hydrogen) atoms. The molecule has 1 fully saturated rings. The van der Waals surface area contributed by atoms with Crippen LogP contribution in [0, 0.1) is 0 Å². The number of nitrogens with one attached hydrogen (secondary N) is 1. The van der Waals surface area contributed by atoms with Crippen molar-refractivity contribution in [3.63, 3.8) is 0 Å². The molecule has 0 aromatic heterocycles. The van der Waals surface area contributed by atoms with Gasteiger partial charge >= 0.3 is 0 Å². The Kier molecular flexibility index (Phi) is 6.36. The normalized spacial score (nSPS) is 14.9. The van der Waals surface area contributed by atoms with Crippen molar-refractivity contribution in [3.05, 3.63) is 59.1 Å². The fourth-order valence-corrected chi connectivity index (χ4v) is 4.43. The topological polar surface area (TPSA) is 75.7 Å². The number of carbonyl (C=O) groups excluding carboxylic acids is 1. The standard InChI is InChI=1S/C19H21ClN2O4S/c20-16-5-3-15(4-6-16)13-21-19(23)14-26-17-7-9-18(10-8-17)27(24,25)22-11-1-2-12-22/h3-10H,1-2,11-14H2,(H,21,23). The van der Waals surface area contributed by atoms with Gasteiger partial charge in [-0.05, 0) is 54.8 Å². The van der Waals surface area contributed by atoms with E-state index < -0.39 is 10.0 Å². The minimum Gasteiger partial charge on any atom is -0.484 e. The van der Waals surface area contributed by atoms with Gasteiger partial charge < -0.3 is 10.1 Å². The highest BCUT2D eigenvalue weighted by Gasteiger charge is 2.26. The molecule has 3 rings (SSSR count). The quantitative estimate of drug-likeness (QED) is 0.764. The smallest absolute Gasteiger partial charge is 0.258 e. The van der Waals surface area contributed by atoms with E-state index in [0.29, 0.717) is 30.4 Å². The fourth-order valence-electron chi connectivity index (χ4n) is 2.79. The zero-order chi connectivity index (χ0) is 19.3. The first-order valence-electron chi connectivity index (χ1n) is 8.69. The molecule has 1 saturated heterocycles. The van der Waals surface area contributed by atoms with Crippen LogP contribution in [0.2, 0.25) is 5.02 Å². The Morgan fingerprint density at radius 2 is 1.67 bits per heavy atom. The molecule has 1 aliphatic heterocycles. The molecular weight excluding hydrogens is 388 g/mol. The highest BCUT2D eigenvalue weighted by Crippen LogP contribution is 2.22. The first kappa shape index (κ1) is 19.7. The molecule has 1 N–H and O–H groups in total. The van der Waals surface area contributed by atoms with Gasteiger partial charge in [0, 0.05) is 24.7 Å². The Morgan fingerprint density at radius 1 is 1.04 bits per heavy atom. The summed E-state index contributed by atoms with van der Waals surface area (Å²) in [7, 11) is -3.44. The Balaban J connectivity index is 1.49. The van der Waals surface area contributed by atoms with E-state index in [0.717, 1.165) is 18.4 Å². The predicted octanol–water partition coefficient (Wildman–Crippen LogP) is 2.82. The van der Waals surface area contributed by atoms with Crippen molar-refractivity contribution in [1.29, 1.82) is 0 Å². The number of ether oxygens (including phenoxy) is 1. The number of carbonyl (C=O) groups is 1. The summed E-state index contributed by atoms with van der Waals surface area (Å²) in [5.74, 6) is 0.177. The molecule has 144 valence electrons. The maximum Gasteiger partial charge on any atom is 0.258 e. The second-order valence-corrected chi connectivity index (χ2v) is 8.65. The monoisotopic (exact) mass is 408 g/mol. The fraction of sp³-hybridized carbons (Fsp3) is 0.316. The first-order chi connectivity index (χ1) is 12.9. The van der Waals surface area contributed by atoms with Crippen molar-refractivity contribution >= 4 is 27.5 Å². The molecule has 1 heterocycles. The number of rotatable bonds is 7. The van der Waals surface area contributed by atoms with Gasteiger partial charge in [-0.2, -0.15) is 4.31 Å². The molecule has 0 atom stereocenters. The summed E-state index contributed by atoms with van der Waals surface area (Å²) in [6.07, 6.45) is 1.79. The van der Waals surface area contributed by atoms with E-state index in [9.17, 15) is 13.2 Å². The molecule has 0 saturated carbocycles. The summed E-state index contributed by atoms with van der Waals surface area (Å²) in [5, 5.41) is 3.39. The molecule has 8 heteroatoms. The maximum atomic E-state index is 12.5. The van der Waals surface area contributed by atoms with Crippen molar-refractivity contribution in [2.45, 2.75) is 24.3 Å². The van der Waals surface area contributed by atoms with Gasteiger partial charge in [0.25, 0.3) is 5.91 Å². The van der Waals surface area contributed by atoms with E-state index in [-0.39, 0.29) is 17.4 Å². The van der Waals surface area contributed by atoms with Crippen LogP contribution < -0.4 is 10.1 Å². The molecule has 6 nitrogen and oxygen atoms in total. The summed E-state index contributed by atoms with van der Waals surface area (Å²) in [4.78, 5) is 12.1. The van der Waals surface area contributed by atoms with Gasteiger partial charge in [0.05, 0.1) is 4.90 Å². The zero-order valence-electron chi connectivity index (χ0n) is 14.7. The van der Waals surface area contributed by atoms with Crippen molar-refractivity contribution in [2.24, 2.45) is 0 Å². The van der Waals surface area contributed by atoms with Gasteiger partial charge in [-0.3, -0.25) is 4.79 Å². The van der Waals surface area contributed by atoms with Crippen LogP contribution in [0.25, 0.3) is 0 Å². The van der Waals surface area contributed by atoms with Crippen molar-refractivity contribution in [2.75, 3.05) is 19.7 Å². The number of benzene rings is 2. The first-order valence-corrected chi connectivity index (χ1v) is 10.5. The van der Waals surface area contributed by atoms with E-state index >= 15 is 0 Å². The zero-order valence-corrected chi connectivity index (χ0v) is 16.3. The minimum absolute atomic E-state index is 0.147. The minimum atomic E-state index is -3.44. The number of hydrogen-bond acceptors (Lipinski definition) is 4. The third-order valence-corrected chi connectivity index (χ3v) is 6.46. The largest absolute Gasteiger partial charge is 0.484 e. The molecule has 0 bridgehead atoms. The molecule has 0 unspecified atom stereocenters. The van der Waals surface area contributed by atoms with E-state index in [1.54, 1.807) is 24.3 Å². The molecule has 1 amide bonds. The number of halogens is 1. The summed E-state index contributed by atoms with van der Waals surface area (Å²) < 4.78 is 31.9. The van der Waals surface area contributed by atoms with E-state index in [2.05, 4.69) is 5.32 Å². The van der Waals surface area contributed by atoms with Gasteiger partial charge in [0.1, 0.15) is 5.75 Å². The molecule has 1 aliphatic rings. The number of nitrogens with zero attached hydrogens (tertiary/aromatic N) is 1. The van der Waals surface area contributed by atoms with Gasteiger partial charge in [0.15, 0.2) is 6.61 Å². The van der Waals surface area contributed by atoms with Crippen LogP contribution >= 0.6 is 11.6 Å². The maximum absolute atomic E-state index is 12.5. The van der Waals surface area contributed by atoms with Gasteiger partial charge in [-0.1, -0.05) is 23.7 Å². The average Bonchev–Trinajstić information content (AvgIpc) is 3.22. The number of amides is 1. The number of hydrogen-bond donors (Lipinski definition) is 1. The van der Waals surface area contributed by atoms with Crippen LogP contribution in [0.4, 0.5) is 0 Å². The summed E-state index contributed by atoms with van der Waals surface area (Å²) >= 11 is 5.82. The summed E-state index contributed by atoms with van der Waals surface area (Å²) in [5.41, 5.74) is 0.934. The molecule has 2 aromatic carbocycles. The lowest BCUT2D eigenvalue weighted by atomic mass is 10.2. The van der Waals surface area contributed by atoms with Crippen molar-refractivity contribution in [1.82, 2.24) is 9.62 Å². The van der Waals surface area contributed by atoms with Crippen LogP contribution in [0.5, 0.6) is 5.75 Å². The third kappa shape index (κ3) is 5.22. The van der Waals surface area contributed by atoms with Crippen LogP contribution in [-0.2, 0) is 21.4 Å². The Morgan fingerprint density at radius 3 is 2.30 bits per heavy atom. The predicted molar refractivity (Wildman–Crippen MR) is 103 cm³/mol. The van der Waals surface area contributed by atoms with Gasteiger partial charge in [-0.15, -0.1) is 0 Å². The Hall–Kier alpha value is -2.09. The van der Waals surface area contributed by atoms with Crippen molar-refractivity contribution < 1.29 is 17.9 Å². The van der Waals surface area contributed by atoms with Gasteiger partial charge in [-0.25, -0.2) is 8.42 Å².